The van der Waals surface area contributed by atoms with Crippen molar-refractivity contribution in [2.24, 2.45) is 5.92 Å². The van der Waals surface area contributed by atoms with E-state index >= 15 is 0 Å². The van der Waals surface area contributed by atoms with Crippen LogP contribution in [0.1, 0.15) is 26.7 Å². The summed E-state index contributed by atoms with van der Waals surface area (Å²) in [6, 6.07) is -0.418. The maximum atomic E-state index is 12.6. The van der Waals surface area contributed by atoms with Gasteiger partial charge in [0.25, 0.3) is 0 Å². The lowest BCUT2D eigenvalue weighted by molar-refractivity contribution is -0.152. The normalized spacial score (nSPS) is 27.4. The van der Waals surface area contributed by atoms with Crippen molar-refractivity contribution in [1.82, 2.24) is 15.5 Å². The first-order valence-electron chi connectivity index (χ1n) is 7.49. The van der Waals surface area contributed by atoms with E-state index in [4.69, 9.17) is 4.74 Å². The number of hydrogen-bond acceptors (Lipinski definition) is 4. The Hall–Kier alpha value is -1.14. The van der Waals surface area contributed by atoms with E-state index in [2.05, 4.69) is 10.6 Å². The summed E-state index contributed by atoms with van der Waals surface area (Å²) in [5.41, 5.74) is 0. The Balaban J connectivity index is 2.01. The highest BCUT2D eigenvalue weighted by atomic mass is 16.5. The molecule has 0 aromatic heterocycles. The lowest BCUT2D eigenvalue weighted by Crippen LogP contribution is -2.58. The van der Waals surface area contributed by atoms with Crippen LogP contribution >= 0.6 is 0 Å². The van der Waals surface area contributed by atoms with Crippen LogP contribution in [-0.2, 0) is 14.3 Å². The number of rotatable bonds is 3. The van der Waals surface area contributed by atoms with Crippen LogP contribution in [0.3, 0.4) is 0 Å². The van der Waals surface area contributed by atoms with Crippen molar-refractivity contribution in [3.05, 3.63) is 0 Å². The smallest absolute Gasteiger partial charge is 0.245 e. The molecule has 2 atom stereocenters. The van der Waals surface area contributed by atoms with E-state index in [9.17, 15) is 9.59 Å². The zero-order valence-electron chi connectivity index (χ0n) is 12.4. The van der Waals surface area contributed by atoms with E-state index in [0.717, 1.165) is 19.4 Å². The van der Waals surface area contributed by atoms with Gasteiger partial charge in [-0.1, -0.05) is 0 Å². The summed E-state index contributed by atoms with van der Waals surface area (Å²) in [7, 11) is 0. The summed E-state index contributed by atoms with van der Waals surface area (Å²) in [4.78, 5) is 26.5. The Kier molecular flexibility index (Phi) is 5.37. The number of morpholine rings is 1. The third-order valence-electron chi connectivity index (χ3n) is 3.79. The molecule has 2 aliphatic rings. The summed E-state index contributed by atoms with van der Waals surface area (Å²) in [5, 5.41) is 6.12. The van der Waals surface area contributed by atoms with Crippen molar-refractivity contribution in [2.75, 3.05) is 32.8 Å². The zero-order chi connectivity index (χ0) is 14.5. The lowest BCUT2D eigenvalue weighted by atomic mass is 9.97. The van der Waals surface area contributed by atoms with Crippen molar-refractivity contribution in [3.8, 4) is 0 Å². The standard InChI is InChI=1S/C14H25N3O3/c1-10(2)16-13(18)12-9-20-7-6-17(12)14(19)11-4-3-5-15-8-11/h10-12,15H,3-9H2,1-2H3,(H,16,18)/t11-,12?/m0/s1. The average molecular weight is 283 g/mol. The van der Waals surface area contributed by atoms with E-state index in [1.165, 1.54) is 0 Å². The largest absolute Gasteiger partial charge is 0.377 e. The topological polar surface area (TPSA) is 70.7 Å². The van der Waals surface area contributed by atoms with Gasteiger partial charge in [0.05, 0.1) is 19.1 Å². The molecule has 114 valence electrons. The van der Waals surface area contributed by atoms with Gasteiger partial charge in [-0.2, -0.15) is 0 Å². The van der Waals surface area contributed by atoms with Gasteiger partial charge in [0.2, 0.25) is 11.8 Å². The number of nitrogens with zero attached hydrogens (tertiary/aromatic N) is 1. The van der Waals surface area contributed by atoms with E-state index in [1.54, 1.807) is 4.90 Å². The third-order valence-corrected chi connectivity index (χ3v) is 3.79. The van der Waals surface area contributed by atoms with Crippen molar-refractivity contribution < 1.29 is 14.3 Å². The molecule has 2 rings (SSSR count). The van der Waals surface area contributed by atoms with Gasteiger partial charge in [-0.25, -0.2) is 0 Å². The fourth-order valence-corrected chi connectivity index (χ4v) is 2.76. The monoisotopic (exact) mass is 283 g/mol. The molecule has 2 amide bonds. The fraction of sp³-hybridized carbons (Fsp3) is 0.857. The number of carbonyl (C=O) groups excluding carboxylic acids is 2. The van der Waals surface area contributed by atoms with Crippen molar-refractivity contribution >= 4 is 11.8 Å². The number of piperidine rings is 1. The molecule has 2 aliphatic heterocycles. The Morgan fingerprint density at radius 1 is 1.40 bits per heavy atom. The zero-order valence-corrected chi connectivity index (χ0v) is 12.4. The number of ether oxygens (including phenoxy) is 1. The van der Waals surface area contributed by atoms with Crippen LogP contribution in [0, 0.1) is 5.92 Å². The van der Waals surface area contributed by atoms with Gasteiger partial charge in [0.15, 0.2) is 0 Å². The Morgan fingerprint density at radius 2 is 2.20 bits per heavy atom. The van der Waals surface area contributed by atoms with Crippen LogP contribution in [0.25, 0.3) is 0 Å². The fourth-order valence-electron chi connectivity index (χ4n) is 2.76. The van der Waals surface area contributed by atoms with E-state index in [0.29, 0.717) is 26.3 Å². The predicted molar refractivity (Wildman–Crippen MR) is 75.2 cm³/mol. The van der Waals surface area contributed by atoms with Gasteiger partial charge in [0.1, 0.15) is 6.04 Å². The van der Waals surface area contributed by atoms with Crippen LogP contribution in [0.4, 0.5) is 0 Å². The molecule has 1 unspecified atom stereocenters. The molecule has 2 saturated heterocycles. The van der Waals surface area contributed by atoms with Gasteiger partial charge in [-0.15, -0.1) is 0 Å². The molecule has 2 fully saturated rings. The first-order chi connectivity index (χ1) is 9.59. The van der Waals surface area contributed by atoms with Gasteiger partial charge < -0.3 is 20.3 Å². The molecule has 20 heavy (non-hydrogen) atoms. The molecule has 0 aromatic carbocycles. The van der Waals surface area contributed by atoms with Crippen molar-refractivity contribution in [1.29, 1.82) is 0 Å². The predicted octanol–water partition coefficient (Wildman–Crippen LogP) is -0.262. The average Bonchev–Trinajstić information content (AvgIpc) is 2.46. The number of carbonyl (C=O) groups is 2. The van der Waals surface area contributed by atoms with Crippen molar-refractivity contribution in [3.63, 3.8) is 0 Å². The lowest BCUT2D eigenvalue weighted by Gasteiger charge is -2.37. The van der Waals surface area contributed by atoms with Crippen LogP contribution in [-0.4, -0.2) is 61.6 Å². The Labute approximate surface area is 120 Å². The van der Waals surface area contributed by atoms with Gasteiger partial charge in [-0.05, 0) is 33.2 Å². The minimum Gasteiger partial charge on any atom is -0.377 e. The maximum Gasteiger partial charge on any atom is 0.245 e. The number of amides is 2. The molecular formula is C14H25N3O3. The Bertz CT molecular complexity index is 354. The molecule has 0 spiro atoms. The summed E-state index contributed by atoms with van der Waals surface area (Å²) >= 11 is 0. The van der Waals surface area contributed by atoms with Crippen LogP contribution in [0.2, 0.25) is 0 Å². The highest BCUT2D eigenvalue weighted by Gasteiger charge is 2.36. The molecule has 0 bridgehead atoms. The number of hydrogen-bond donors (Lipinski definition) is 2. The minimum atomic E-state index is -0.486. The highest BCUT2D eigenvalue weighted by molar-refractivity contribution is 5.89. The van der Waals surface area contributed by atoms with Crippen LogP contribution in [0.5, 0.6) is 0 Å². The number of nitrogens with one attached hydrogen (secondary N) is 2. The third kappa shape index (κ3) is 3.70. The van der Waals surface area contributed by atoms with Crippen LogP contribution in [0.15, 0.2) is 0 Å². The molecule has 6 nitrogen and oxygen atoms in total. The molecule has 6 heteroatoms. The quantitative estimate of drug-likeness (QED) is 0.748. The first kappa shape index (κ1) is 15.3. The van der Waals surface area contributed by atoms with E-state index in [1.807, 2.05) is 13.8 Å². The van der Waals surface area contributed by atoms with Gasteiger partial charge >= 0.3 is 0 Å². The molecule has 2 N–H and O–H groups in total. The Morgan fingerprint density at radius 3 is 2.85 bits per heavy atom. The van der Waals surface area contributed by atoms with Gasteiger partial charge in [0, 0.05) is 19.1 Å². The van der Waals surface area contributed by atoms with Crippen molar-refractivity contribution in [2.45, 2.75) is 38.8 Å². The highest BCUT2D eigenvalue weighted by Crippen LogP contribution is 2.17. The molecule has 2 heterocycles. The molecule has 0 aliphatic carbocycles. The van der Waals surface area contributed by atoms with E-state index in [-0.39, 0.29) is 23.8 Å². The summed E-state index contributed by atoms with van der Waals surface area (Å²) in [6.07, 6.45) is 1.92. The molecule has 0 radical (unpaired) electrons. The minimum absolute atomic E-state index is 0.00352. The van der Waals surface area contributed by atoms with Gasteiger partial charge in [-0.3, -0.25) is 9.59 Å². The summed E-state index contributed by atoms with van der Waals surface area (Å²) < 4.78 is 5.38. The molecular weight excluding hydrogens is 258 g/mol. The molecule has 0 saturated carbocycles. The molecule has 0 aromatic rings. The second-order valence-electron chi connectivity index (χ2n) is 5.83. The van der Waals surface area contributed by atoms with Crippen LogP contribution < -0.4 is 10.6 Å². The first-order valence-corrected chi connectivity index (χ1v) is 7.49. The summed E-state index contributed by atoms with van der Waals surface area (Å²) in [5.74, 6) is -0.0302. The maximum absolute atomic E-state index is 12.6. The summed E-state index contributed by atoms with van der Waals surface area (Å²) in [6.45, 7) is 6.84. The second kappa shape index (κ2) is 7.04. The van der Waals surface area contributed by atoms with E-state index < -0.39 is 6.04 Å². The second-order valence-corrected chi connectivity index (χ2v) is 5.83. The SMILES string of the molecule is CC(C)NC(=O)C1COCCN1C(=O)[C@H]1CCCNC1.